The van der Waals surface area contributed by atoms with Gasteiger partial charge in [0, 0.05) is 5.41 Å². The number of ether oxygens (including phenoxy) is 12. The summed E-state index contributed by atoms with van der Waals surface area (Å²) in [5, 5.41) is 186. The number of carbonyl (C=O) groups is 1. The molecule has 93 heavy (non-hydrogen) atoms. The van der Waals surface area contributed by atoms with E-state index >= 15 is 4.79 Å². The first-order valence-corrected chi connectivity index (χ1v) is 33.0. The van der Waals surface area contributed by atoms with Gasteiger partial charge in [-0.25, -0.2) is 0 Å². The van der Waals surface area contributed by atoms with E-state index < -0.39 is 244 Å². The van der Waals surface area contributed by atoms with E-state index in [0.717, 1.165) is 5.57 Å². The average molecular weight is 1340 g/mol. The van der Waals surface area contributed by atoms with Crippen LogP contribution in [0.1, 0.15) is 113 Å². The van der Waals surface area contributed by atoms with Crippen molar-refractivity contribution < 1.29 is 148 Å². The van der Waals surface area contributed by atoms with Crippen LogP contribution in [0.25, 0.3) is 0 Å². The van der Waals surface area contributed by atoms with Gasteiger partial charge in [0.15, 0.2) is 31.5 Å². The molecule has 6 aliphatic heterocycles. The maximum absolute atomic E-state index is 15.3. The Hall–Kier alpha value is -1.91. The van der Waals surface area contributed by atoms with Crippen LogP contribution in [0.4, 0.5) is 0 Å². The first-order chi connectivity index (χ1) is 43.6. The summed E-state index contributed by atoms with van der Waals surface area (Å²) in [5.41, 5.74) is -2.73. The highest BCUT2D eigenvalue weighted by molar-refractivity contribution is 5.79. The average Bonchev–Trinajstić information content (AvgIpc) is 0.674. The normalized spacial score (nSPS) is 55.7. The first-order valence-electron chi connectivity index (χ1n) is 33.0. The van der Waals surface area contributed by atoms with Gasteiger partial charge in [-0.3, -0.25) is 4.79 Å². The number of rotatable bonds is 14. The lowest BCUT2D eigenvalue weighted by molar-refractivity contribution is -0.372. The molecule has 11 rings (SSSR count). The molecule has 0 amide bonds. The van der Waals surface area contributed by atoms with E-state index in [2.05, 4.69) is 40.7 Å². The second kappa shape index (κ2) is 26.9. The van der Waals surface area contributed by atoms with Crippen LogP contribution >= 0.6 is 0 Å². The fourth-order valence-corrected chi connectivity index (χ4v) is 18.7. The Morgan fingerprint density at radius 1 is 0.505 bits per heavy atom. The van der Waals surface area contributed by atoms with Gasteiger partial charge in [0.05, 0.1) is 62.9 Å². The van der Waals surface area contributed by atoms with Gasteiger partial charge in [-0.15, -0.1) is 0 Å². The number of allylic oxidation sites excluding steroid dienone is 2. The van der Waals surface area contributed by atoms with Gasteiger partial charge in [0.1, 0.15) is 116 Å². The Morgan fingerprint density at radius 2 is 1.08 bits per heavy atom. The second-order valence-corrected chi connectivity index (χ2v) is 30.5. The molecule has 6 heterocycles. The van der Waals surface area contributed by atoms with E-state index in [-0.39, 0.29) is 29.6 Å². The largest absolute Gasteiger partial charge is 0.432 e. The van der Waals surface area contributed by atoms with Crippen molar-refractivity contribution in [2.75, 3.05) is 33.0 Å². The zero-order valence-electron chi connectivity index (χ0n) is 53.9. The Balaban J connectivity index is 0.743. The van der Waals surface area contributed by atoms with E-state index in [9.17, 15) is 86.8 Å². The molecule has 534 valence electrons. The summed E-state index contributed by atoms with van der Waals surface area (Å²) in [6, 6.07) is 0. The van der Waals surface area contributed by atoms with Gasteiger partial charge in [-0.2, -0.15) is 0 Å². The molecule has 11 aliphatic rings. The third-order valence-corrected chi connectivity index (χ3v) is 24.5. The van der Waals surface area contributed by atoms with Crippen molar-refractivity contribution >= 4 is 5.97 Å². The molecule has 6 saturated heterocycles. The molecule has 0 aromatic carbocycles. The molecule has 0 spiro atoms. The molecule has 0 aromatic heterocycles. The van der Waals surface area contributed by atoms with Crippen LogP contribution in [0.2, 0.25) is 0 Å². The number of hydrogen-bond donors (Lipinski definition) is 17. The third kappa shape index (κ3) is 12.3. The molecule has 0 aromatic rings. The molecule has 37 atom stereocenters. The zero-order valence-corrected chi connectivity index (χ0v) is 53.9. The van der Waals surface area contributed by atoms with E-state index in [1.807, 2.05) is 6.92 Å². The van der Waals surface area contributed by atoms with Crippen molar-refractivity contribution in [2.45, 2.75) is 291 Å². The molecule has 29 unspecified atom stereocenters. The monoisotopic (exact) mass is 1340 g/mol. The lowest BCUT2D eigenvalue weighted by Crippen LogP contribution is -2.69. The lowest BCUT2D eigenvalue weighted by atomic mass is 9.33. The van der Waals surface area contributed by atoms with Gasteiger partial charge in [0.2, 0.25) is 6.29 Å². The van der Waals surface area contributed by atoms with Crippen molar-refractivity contribution in [3.63, 3.8) is 0 Å². The first kappa shape index (κ1) is 72.3. The molecule has 0 bridgehead atoms. The van der Waals surface area contributed by atoms with E-state index in [4.69, 9.17) is 56.8 Å². The number of carbonyl (C=O) groups excluding carboxylic acids is 1. The minimum Gasteiger partial charge on any atom is -0.432 e. The summed E-state index contributed by atoms with van der Waals surface area (Å²) in [6.45, 7) is 13.5. The molecular weight excluding hydrogens is 1240 g/mol. The highest BCUT2D eigenvalue weighted by Gasteiger charge is 2.72. The number of esters is 1. The van der Waals surface area contributed by atoms with Crippen molar-refractivity contribution in [1.82, 2.24) is 0 Å². The van der Waals surface area contributed by atoms with Crippen LogP contribution in [0.5, 0.6) is 0 Å². The fourth-order valence-electron chi connectivity index (χ4n) is 18.7. The van der Waals surface area contributed by atoms with E-state index in [1.165, 1.54) is 13.8 Å². The van der Waals surface area contributed by atoms with Crippen LogP contribution in [0.15, 0.2) is 11.6 Å². The second-order valence-electron chi connectivity index (χ2n) is 30.5. The predicted molar refractivity (Wildman–Crippen MR) is 310 cm³/mol. The molecule has 30 heteroatoms. The van der Waals surface area contributed by atoms with Gasteiger partial charge in [-0.1, -0.05) is 53.2 Å². The lowest BCUT2D eigenvalue weighted by Gasteiger charge is -2.72. The van der Waals surface area contributed by atoms with Gasteiger partial charge in [-0.05, 0) is 111 Å². The highest BCUT2D eigenvalue weighted by atomic mass is 16.8. The quantitative estimate of drug-likeness (QED) is 0.0443. The van der Waals surface area contributed by atoms with E-state index in [1.54, 1.807) is 0 Å². The van der Waals surface area contributed by atoms with Crippen molar-refractivity contribution in [2.24, 2.45) is 50.2 Å². The number of aliphatic hydroxyl groups is 17. The van der Waals surface area contributed by atoms with Crippen molar-refractivity contribution in [1.29, 1.82) is 0 Å². The number of aliphatic hydroxyl groups excluding tert-OH is 17. The SMILES string of the molecule is CC1OC(O[C@H]2[C@@H](O)C[C@@]3(C)C(CC[C@]4(C)C3CC=C3[C@@H]5CC(C)(C)CC[C@]5(C(=O)OC5OC(C)C(OC6OCC(OC7OCC(O)C(OC8OCC(O)C(O)C8O)C7O)C(O)C6O)C(O)C5O)CC[C@]34C)[C@]2(C)CO)C(O)C(OC2OC(CO)C(O)C(O)C2O)C1O. The maximum atomic E-state index is 15.3. The Bertz CT molecular complexity index is 2620. The van der Waals surface area contributed by atoms with Crippen molar-refractivity contribution in [3.8, 4) is 0 Å². The molecule has 0 radical (unpaired) electrons. The van der Waals surface area contributed by atoms with Gasteiger partial charge >= 0.3 is 5.97 Å². The summed E-state index contributed by atoms with van der Waals surface area (Å²) in [6.07, 6.45) is -38.1. The minimum absolute atomic E-state index is 0.0510. The van der Waals surface area contributed by atoms with Crippen LogP contribution in [-0.2, 0) is 61.6 Å². The number of fused-ring (bicyclic) bond motifs is 7. The Kier molecular flexibility index (Phi) is 20.9. The summed E-state index contributed by atoms with van der Waals surface area (Å²) in [4.78, 5) is 15.3. The van der Waals surface area contributed by atoms with Gasteiger partial charge < -0.3 is 144 Å². The molecule has 30 nitrogen and oxygen atoms in total. The topological polar surface area (TPSA) is 472 Å². The van der Waals surface area contributed by atoms with Crippen LogP contribution in [0, 0.1) is 50.2 Å². The molecule has 4 saturated carbocycles. The number of hydrogen-bond acceptors (Lipinski definition) is 30. The predicted octanol–water partition coefficient (Wildman–Crippen LogP) is -4.47. The minimum atomic E-state index is -1.86. The molecular formula is C63H102O30. The third-order valence-electron chi connectivity index (χ3n) is 24.5. The fraction of sp³-hybridized carbons (Fsp3) is 0.952. The summed E-state index contributed by atoms with van der Waals surface area (Å²) < 4.78 is 70.3. The summed E-state index contributed by atoms with van der Waals surface area (Å²) in [7, 11) is 0. The summed E-state index contributed by atoms with van der Waals surface area (Å²) >= 11 is 0. The zero-order chi connectivity index (χ0) is 67.7. The van der Waals surface area contributed by atoms with Crippen LogP contribution in [0.3, 0.4) is 0 Å². The molecule has 5 aliphatic carbocycles. The van der Waals surface area contributed by atoms with Crippen molar-refractivity contribution in [3.05, 3.63) is 11.6 Å². The molecule has 10 fully saturated rings. The standard InChI is InChI=1S/C63H102O30/c1-24-35(69)49(91-55-43(77)39(73)37(71)31(19-64)87-55)46(80)56(85-24)92-50-28(66)18-59(5)33(60(50,6)23-65)11-12-62(8)34(59)10-9-26-27-17-58(3,4)13-15-63(27,16-14-61(26,62)7)57(81)93-54-44(78)40(74)47(25(2)86-54)89-52-42(76)38(72)32(22-84-52)88-53-45(79)48(30(68)21-83-53)90-51-41(75)36(70)29(67)20-82-51/h9,24-25,27-56,64-80H,10-23H2,1-8H3/t24?,25?,27-,28-,29?,30?,31?,32?,33?,34?,35?,36?,37?,38?,39?,40?,41?,42?,43?,44?,45?,46?,47?,48?,49?,50-,51?,52?,53?,54?,55?,56?,59-,60-,61+,62+,63-/m0/s1. The maximum Gasteiger partial charge on any atom is 0.315 e. The molecule has 17 N–H and O–H groups in total. The smallest absolute Gasteiger partial charge is 0.315 e. The van der Waals surface area contributed by atoms with Crippen LogP contribution < -0.4 is 0 Å². The van der Waals surface area contributed by atoms with Crippen LogP contribution in [-0.4, -0.2) is 304 Å². The highest BCUT2D eigenvalue weighted by Crippen LogP contribution is 2.76. The Labute approximate surface area is 539 Å². The summed E-state index contributed by atoms with van der Waals surface area (Å²) in [5.74, 6) is -1.19. The van der Waals surface area contributed by atoms with Gasteiger partial charge in [0.25, 0.3) is 0 Å². The van der Waals surface area contributed by atoms with E-state index in [0.29, 0.717) is 51.4 Å². The Morgan fingerprint density at radius 3 is 1.75 bits per heavy atom.